The molecule has 1 aliphatic carbocycles. The first-order valence-electron chi connectivity index (χ1n) is 15.1. The third-order valence-electron chi connectivity index (χ3n) is 9.29. The topological polar surface area (TPSA) is 0 Å². The van der Waals surface area contributed by atoms with E-state index in [2.05, 4.69) is 142 Å². The molecule has 0 aliphatic heterocycles. The van der Waals surface area contributed by atoms with E-state index in [9.17, 15) is 0 Å². The van der Waals surface area contributed by atoms with Gasteiger partial charge in [0.1, 0.15) is 0 Å². The first-order chi connectivity index (χ1) is 20.1. The third-order valence-corrected chi connectivity index (χ3v) is 9.29. The van der Waals surface area contributed by atoms with Crippen molar-refractivity contribution in [3.8, 4) is 22.3 Å². The molecule has 0 radical (unpaired) electrons. The number of fused-ring (bicyclic) bond motifs is 4. The van der Waals surface area contributed by atoms with Crippen molar-refractivity contribution in [2.45, 2.75) is 46.0 Å². The van der Waals surface area contributed by atoms with Gasteiger partial charge in [-0.15, -0.1) is 0 Å². The van der Waals surface area contributed by atoms with Gasteiger partial charge in [-0.05, 0) is 115 Å². The number of aryl methyl sites for hydroxylation is 1. The smallest absolute Gasteiger partial charge is 0.0105 e. The maximum absolute atomic E-state index is 2.43. The second-order valence-corrected chi connectivity index (χ2v) is 11.7. The van der Waals surface area contributed by atoms with Crippen molar-refractivity contribution >= 4 is 33.2 Å². The zero-order valence-electron chi connectivity index (χ0n) is 24.2. The highest BCUT2D eigenvalue weighted by Gasteiger charge is 2.18. The summed E-state index contributed by atoms with van der Waals surface area (Å²) in [5, 5.41) is 5.24. The highest BCUT2D eigenvalue weighted by molar-refractivity contribution is 6.08. The normalized spacial score (nSPS) is 13.7. The van der Waals surface area contributed by atoms with Crippen molar-refractivity contribution in [1.82, 2.24) is 0 Å². The number of allylic oxidation sites excluding steroid dienone is 1. The van der Waals surface area contributed by atoms with Crippen LogP contribution in [-0.2, 0) is 6.42 Å². The van der Waals surface area contributed by atoms with E-state index in [0.29, 0.717) is 5.92 Å². The van der Waals surface area contributed by atoms with Gasteiger partial charge >= 0.3 is 0 Å². The average Bonchev–Trinajstić information content (AvgIpc) is 3.03. The van der Waals surface area contributed by atoms with Crippen LogP contribution in [0.4, 0.5) is 0 Å². The van der Waals surface area contributed by atoms with Gasteiger partial charge in [-0.25, -0.2) is 0 Å². The molecule has 0 amide bonds. The summed E-state index contributed by atoms with van der Waals surface area (Å²) in [6.45, 7) is 6.93. The van der Waals surface area contributed by atoms with Gasteiger partial charge in [-0.2, -0.15) is 0 Å². The molecule has 0 aromatic heterocycles. The summed E-state index contributed by atoms with van der Waals surface area (Å²) in [4.78, 5) is 0. The number of hydrogen-bond acceptors (Lipinski definition) is 0. The summed E-state index contributed by atoms with van der Waals surface area (Å²) in [6.07, 6.45) is 5.72. The highest BCUT2D eigenvalue weighted by atomic mass is 14.2. The van der Waals surface area contributed by atoms with Gasteiger partial charge in [0.25, 0.3) is 0 Å². The summed E-state index contributed by atoms with van der Waals surface area (Å²) < 4.78 is 0. The van der Waals surface area contributed by atoms with E-state index in [1.54, 1.807) is 0 Å². The van der Waals surface area contributed by atoms with E-state index in [1.807, 2.05) is 0 Å². The molecule has 0 saturated carbocycles. The molecule has 0 N–H and O–H groups in total. The van der Waals surface area contributed by atoms with E-state index in [1.165, 1.54) is 77.2 Å². The predicted molar refractivity (Wildman–Crippen MR) is 178 cm³/mol. The standard InChI is InChI=1S/C41H36/c1-4-27(2)36-11-7-8-13-41(36)38-15-9-14-37(28(38)3)34-21-19-31-24-30(17-18-32(31)25-34)33-22-23-40-35(26-33)20-16-29-10-5-6-12-39(29)40/h5-18,20,22-27H,4,19,21H2,1-3H3. The molecule has 0 nitrogen and oxygen atoms in total. The van der Waals surface area contributed by atoms with E-state index in [4.69, 9.17) is 0 Å². The van der Waals surface area contributed by atoms with Crippen LogP contribution in [0.1, 0.15) is 60.4 Å². The lowest BCUT2D eigenvalue weighted by molar-refractivity contribution is 0.735. The highest BCUT2D eigenvalue weighted by Crippen LogP contribution is 2.39. The molecule has 7 rings (SSSR count). The van der Waals surface area contributed by atoms with Crippen LogP contribution in [0.5, 0.6) is 0 Å². The Kier molecular flexibility index (Phi) is 6.56. The molecule has 0 heterocycles. The fraction of sp³-hybridized carbons (Fsp3) is 0.171. The number of rotatable bonds is 5. The fourth-order valence-corrected chi connectivity index (χ4v) is 6.74. The van der Waals surface area contributed by atoms with Gasteiger partial charge in [-0.3, -0.25) is 0 Å². The molecule has 0 bridgehead atoms. The molecule has 0 fully saturated rings. The minimum Gasteiger partial charge on any atom is -0.0648 e. The maximum Gasteiger partial charge on any atom is -0.0105 e. The van der Waals surface area contributed by atoms with Gasteiger partial charge in [0.15, 0.2) is 0 Å². The Hall–Kier alpha value is -4.42. The lowest BCUT2D eigenvalue weighted by Crippen LogP contribution is -2.02. The van der Waals surface area contributed by atoms with Crippen LogP contribution in [0.15, 0.2) is 115 Å². The van der Waals surface area contributed by atoms with Crippen LogP contribution < -0.4 is 0 Å². The maximum atomic E-state index is 2.43. The molecule has 0 saturated heterocycles. The van der Waals surface area contributed by atoms with Crippen LogP contribution in [0.25, 0.3) is 55.4 Å². The first kappa shape index (κ1) is 25.5. The van der Waals surface area contributed by atoms with Gasteiger partial charge in [0, 0.05) is 0 Å². The molecule has 0 spiro atoms. The van der Waals surface area contributed by atoms with Crippen molar-refractivity contribution in [3.63, 3.8) is 0 Å². The van der Waals surface area contributed by atoms with Crippen LogP contribution in [0.3, 0.4) is 0 Å². The zero-order chi connectivity index (χ0) is 27.9. The minimum absolute atomic E-state index is 0.547. The Morgan fingerprint density at radius 3 is 2.22 bits per heavy atom. The van der Waals surface area contributed by atoms with Crippen LogP contribution in [-0.4, -0.2) is 0 Å². The van der Waals surface area contributed by atoms with Crippen molar-refractivity contribution in [1.29, 1.82) is 0 Å². The fourth-order valence-electron chi connectivity index (χ4n) is 6.74. The quantitative estimate of drug-likeness (QED) is 0.195. The van der Waals surface area contributed by atoms with Crippen LogP contribution >= 0.6 is 0 Å². The minimum atomic E-state index is 0.547. The molecule has 41 heavy (non-hydrogen) atoms. The summed E-state index contributed by atoms with van der Waals surface area (Å²) in [7, 11) is 0. The summed E-state index contributed by atoms with van der Waals surface area (Å²) in [5.74, 6) is 0.547. The average molecular weight is 529 g/mol. The van der Waals surface area contributed by atoms with E-state index in [0.717, 1.165) is 19.3 Å². The number of hydrogen-bond donors (Lipinski definition) is 0. The third kappa shape index (κ3) is 4.58. The van der Waals surface area contributed by atoms with Crippen molar-refractivity contribution in [2.75, 3.05) is 0 Å². The van der Waals surface area contributed by atoms with Crippen LogP contribution in [0.2, 0.25) is 0 Å². The number of benzene rings is 6. The SMILES string of the molecule is CCC(C)c1ccccc1-c1cccc(C2=Cc3ccc(-c4ccc5c(ccc6ccccc65)c4)cc3CC2)c1C. The van der Waals surface area contributed by atoms with Gasteiger partial charge in [0.05, 0.1) is 0 Å². The second-order valence-electron chi connectivity index (χ2n) is 11.7. The Balaban J connectivity index is 1.23. The van der Waals surface area contributed by atoms with Gasteiger partial charge < -0.3 is 0 Å². The van der Waals surface area contributed by atoms with E-state index < -0.39 is 0 Å². The Labute approximate surface area is 244 Å². The van der Waals surface area contributed by atoms with Crippen molar-refractivity contribution in [2.24, 2.45) is 0 Å². The zero-order valence-corrected chi connectivity index (χ0v) is 24.2. The van der Waals surface area contributed by atoms with Crippen LogP contribution in [0, 0.1) is 6.92 Å². The molecule has 6 aromatic carbocycles. The summed E-state index contributed by atoms with van der Waals surface area (Å²) in [5.41, 5.74) is 13.8. The molecular weight excluding hydrogens is 492 g/mol. The lowest BCUT2D eigenvalue weighted by atomic mass is 9.83. The molecule has 1 unspecified atom stereocenters. The van der Waals surface area contributed by atoms with Crippen molar-refractivity contribution in [3.05, 3.63) is 143 Å². The van der Waals surface area contributed by atoms with E-state index >= 15 is 0 Å². The monoisotopic (exact) mass is 528 g/mol. The van der Waals surface area contributed by atoms with E-state index in [-0.39, 0.29) is 0 Å². The second kappa shape index (κ2) is 10.5. The molecule has 1 atom stereocenters. The summed E-state index contributed by atoms with van der Waals surface area (Å²) >= 11 is 0. The largest absolute Gasteiger partial charge is 0.0648 e. The molecule has 1 aliphatic rings. The van der Waals surface area contributed by atoms with Gasteiger partial charge in [-0.1, -0.05) is 129 Å². The Morgan fingerprint density at radius 1 is 0.610 bits per heavy atom. The molecule has 200 valence electrons. The molecule has 6 aromatic rings. The molecular formula is C41H36. The Morgan fingerprint density at radius 2 is 1.32 bits per heavy atom. The van der Waals surface area contributed by atoms with Crippen molar-refractivity contribution < 1.29 is 0 Å². The van der Waals surface area contributed by atoms with Gasteiger partial charge in [0.2, 0.25) is 0 Å². The first-order valence-corrected chi connectivity index (χ1v) is 15.1. The lowest BCUT2D eigenvalue weighted by Gasteiger charge is -2.22. The summed E-state index contributed by atoms with van der Waals surface area (Å²) in [6, 6.07) is 42.9. The predicted octanol–water partition coefficient (Wildman–Crippen LogP) is 11.6. The Bertz CT molecular complexity index is 1950. The molecule has 0 heteroatoms.